The van der Waals surface area contributed by atoms with Crippen LogP contribution in [0, 0.1) is 0 Å². The Balaban J connectivity index is 1.46. The van der Waals surface area contributed by atoms with Crippen molar-refractivity contribution in [3.05, 3.63) is 60.2 Å². The summed E-state index contributed by atoms with van der Waals surface area (Å²) in [5, 5.41) is 9.37. The summed E-state index contributed by atoms with van der Waals surface area (Å²) in [6.07, 6.45) is 1.51. The molecule has 0 fully saturated rings. The number of hydrazone groups is 1. The summed E-state index contributed by atoms with van der Waals surface area (Å²) >= 11 is 1.41. The topological polar surface area (TPSA) is 84.8 Å². The van der Waals surface area contributed by atoms with Crippen LogP contribution in [0.25, 0.3) is 21.0 Å². The molecule has 2 N–H and O–H groups in total. The lowest BCUT2D eigenvalue weighted by molar-refractivity contribution is 0.252. The zero-order valence-corrected chi connectivity index (χ0v) is 16.6. The van der Waals surface area contributed by atoms with E-state index in [1.165, 1.54) is 17.6 Å². The van der Waals surface area contributed by atoms with Crippen molar-refractivity contribution in [1.82, 2.24) is 10.4 Å². The number of thiazole rings is 1. The number of benzene rings is 3. The van der Waals surface area contributed by atoms with Gasteiger partial charge in [0.05, 0.1) is 30.7 Å². The molecule has 2 amide bonds. The summed E-state index contributed by atoms with van der Waals surface area (Å²) in [7, 11) is 3.14. The molecule has 0 spiro atoms. The Hall–Kier alpha value is -3.65. The predicted octanol–water partition coefficient (Wildman–Crippen LogP) is 4.62. The molecule has 29 heavy (non-hydrogen) atoms. The van der Waals surface area contributed by atoms with Gasteiger partial charge in [-0.25, -0.2) is 15.2 Å². The van der Waals surface area contributed by atoms with E-state index in [-0.39, 0.29) is 0 Å². The molecule has 0 saturated heterocycles. The number of ether oxygens (including phenoxy) is 2. The van der Waals surface area contributed by atoms with Crippen LogP contribution in [-0.2, 0) is 0 Å². The van der Waals surface area contributed by atoms with Crippen molar-refractivity contribution in [3.63, 3.8) is 0 Å². The Morgan fingerprint density at radius 2 is 1.83 bits per heavy atom. The van der Waals surface area contributed by atoms with Gasteiger partial charge in [-0.2, -0.15) is 5.10 Å². The van der Waals surface area contributed by atoms with Gasteiger partial charge in [0.2, 0.25) is 0 Å². The largest absolute Gasteiger partial charge is 0.497 e. The van der Waals surface area contributed by atoms with Crippen molar-refractivity contribution in [2.24, 2.45) is 5.10 Å². The summed E-state index contributed by atoms with van der Waals surface area (Å²) in [6.45, 7) is 0. The Bertz CT molecular complexity index is 1200. The number of amides is 2. The van der Waals surface area contributed by atoms with Crippen LogP contribution < -0.4 is 20.2 Å². The highest BCUT2D eigenvalue weighted by Gasteiger charge is 2.09. The van der Waals surface area contributed by atoms with Gasteiger partial charge in [0, 0.05) is 17.0 Å². The number of hydrogen-bond acceptors (Lipinski definition) is 6. The van der Waals surface area contributed by atoms with Crippen molar-refractivity contribution < 1.29 is 14.3 Å². The number of urea groups is 1. The minimum atomic E-state index is -0.473. The highest BCUT2D eigenvalue weighted by atomic mass is 32.1. The molecule has 8 heteroatoms. The summed E-state index contributed by atoms with van der Waals surface area (Å²) in [5.41, 5.74) is 4.04. The zero-order chi connectivity index (χ0) is 20.2. The first-order valence-electron chi connectivity index (χ1n) is 8.77. The molecule has 0 atom stereocenters. The number of carbonyl (C=O) groups is 1. The van der Waals surface area contributed by atoms with Crippen molar-refractivity contribution in [2.75, 3.05) is 19.5 Å². The van der Waals surface area contributed by atoms with Gasteiger partial charge in [0.1, 0.15) is 11.5 Å². The molecule has 7 nitrogen and oxygen atoms in total. The van der Waals surface area contributed by atoms with E-state index in [4.69, 9.17) is 9.47 Å². The second-order valence-electron chi connectivity index (χ2n) is 6.12. The average molecular weight is 406 g/mol. The summed E-state index contributed by atoms with van der Waals surface area (Å²) < 4.78 is 11.4. The third-order valence-corrected chi connectivity index (χ3v) is 5.19. The fourth-order valence-corrected chi connectivity index (χ4v) is 3.79. The van der Waals surface area contributed by atoms with Crippen LogP contribution in [-0.4, -0.2) is 31.4 Å². The number of fused-ring (bicyclic) bond motifs is 3. The number of rotatable bonds is 5. The third kappa shape index (κ3) is 4.12. The number of nitrogens with zero attached hydrogens (tertiary/aromatic N) is 2. The van der Waals surface area contributed by atoms with Crippen molar-refractivity contribution in [3.8, 4) is 11.5 Å². The first-order valence-corrected chi connectivity index (χ1v) is 9.59. The molecule has 0 radical (unpaired) electrons. The Morgan fingerprint density at radius 3 is 2.59 bits per heavy atom. The van der Waals surface area contributed by atoms with Crippen LogP contribution in [0.5, 0.6) is 11.5 Å². The molecule has 0 saturated carbocycles. The average Bonchev–Trinajstić information content (AvgIpc) is 3.16. The maximum absolute atomic E-state index is 12.2. The van der Waals surface area contributed by atoms with Crippen molar-refractivity contribution in [1.29, 1.82) is 0 Å². The first kappa shape index (κ1) is 18.7. The molecule has 0 aliphatic rings. The van der Waals surface area contributed by atoms with Gasteiger partial charge < -0.3 is 9.47 Å². The first-order chi connectivity index (χ1) is 14.2. The Morgan fingerprint density at radius 1 is 1.07 bits per heavy atom. The van der Waals surface area contributed by atoms with Gasteiger partial charge in [-0.3, -0.25) is 5.32 Å². The van der Waals surface area contributed by atoms with E-state index in [9.17, 15) is 4.79 Å². The van der Waals surface area contributed by atoms with Crippen LogP contribution >= 0.6 is 11.3 Å². The third-order valence-electron chi connectivity index (χ3n) is 4.26. The van der Waals surface area contributed by atoms with Crippen molar-refractivity contribution in [2.45, 2.75) is 0 Å². The maximum Gasteiger partial charge on any atom is 0.341 e. The highest BCUT2D eigenvalue weighted by molar-refractivity contribution is 7.22. The zero-order valence-electron chi connectivity index (χ0n) is 15.8. The number of aromatic nitrogens is 1. The quantitative estimate of drug-likeness (QED) is 0.374. The number of hydrogen-bond donors (Lipinski definition) is 2. The van der Waals surface area contributed by atoms with E-state index >= 15 is 0 Å². The molecule has 1 aromatic heterocycles. The van der Waals surface area contributed by atoms with Crippen LogP contribution in [0.15, 0.2) is 59.7 Å². The lowest BCUT2D eigenvalue weighted by atomic mass is 10.1. The second kappa shape index (κ2) is 8.15. The van der Waals surface area contributed by atoms with Gasteiger partial charge in [-0.1, -0.05) is 41.7 Å². The number of methoxy groups -OCH3 is 2. The van der Waals surface area contributed by atoms with E-state index in [1.807, 2.05) is 36.4 Å². The summed E-state index contributed by atoms with van der Waals surface area (Å²) in [5.74, 6) is 1.27. The standard InChI is InChI=1S/C21H18N4O3S/c1-27-15-9-13(10-16(11-15)28-2)12-22-25-20(26)24-21-23-19-17-6-4-3-5-14(17)7-8-18(19)29-21/h3-12H,1-2H3,(H2,23,24,25,26)/b22-12+. The molecule has 1 heterocycles. The summed E-state index contributed by atoms with van der Waals surface area (Å²) in [6, 6.07) is 16.9. The number of nitrogens with one attached hydrogen (secondary N) is 2. The molecular formula is C21H18N4O3S. The molecule has 4 rings (SSSR count). The van der Waals surface area contributed by atoms with E-state index in [0.717, 1.165) is 26.6 Å². The second-order valence-corrected chi connectivity index (χ2v) is 7.15. The fraction of sp³-hybridized carbons (Fsp3) is 0.0952. The van der Waals surface area contributed by atoms with Crippen LogP contribution in [0.3, 0.4) is 0 Å². The maximum atomic E-state index is 12.2. The highest BCUT2D eigenvalue weighted by Crippen LogP contribution is 2.31. The summed E-state index contributed by atoms with van der Waals surface area (Å²) in [4.78, 5) is 16.7. The predicted molar refractivity (Wildman–Crippen MR) is 116 cm³/mol. The Kier molecular flexibility index (Phi) is 5.26. The van der Waals surface area contributed by atoms with Crippen LogP contribution in [0.2, 0.25) is 0 Å². The Labute approximate surface area is 171 Å². The van der Waals surface area contributed by atoms with Gasteiger partial charge in [0.15, 0.2) is 5.13 Å². The van der Waals surface area contributed by atoms with Gasteiger partial charge >= 0.3 is 6.03 Å². The molecule has 0 unspecified atom stereocenters. The lowest BCUT2D eigenvalue weighted by Crippen LogP contribution is -2.24. The van der Waals surface area contributed by atoms with Crippen LogP contribution in [0.4, 0.5) is 9.93 Å². The SMILES string of the molecule is COc1cc(/C=N/NC(=O)Nc2nc3c(ccc4ccccc43)s2)cc(OC)c1. The smallest absolute Gasteiger partial charge is 0.341 e. The van der Waals surface area contributed by atoms with E-state index in [1.54, 1.807) is 32.4 Å². The molecular weight excluding hydrogens is 388 g/mol. The minimum absolute atomic E-state index is 0.473. The fourth-order valence-electron chi connectivity index (χ4n) is 2.91. The molecule has 0 aliphatic heterocycles. The van der Waals surface area contributed by atoms with E-state index < -0.39 is 6.03 Å². The molecule has 146 valence electrons. The molecule has 0 bridgehead atoms. The minimum Gasteiger partial charge on any atom is -0.497 e. The normalized spacial score (nSPS) is 11.1. The molecule has 0 aliphatic carbocycles. The number of anilines is 1. The lowest BCUT2D eigenvalue weighted by Gasteiger charge is -2.05. The molecule has 4 aromatic rings. The molecule has 3 aromatic carbocycles. The van der Waals surface area contributed by atoms with Gasteiger partial charge in [-0.15, -0.1) is 0 Å². The van der Waals surface area contributed by atoms with E-state index in [2.05, 4.69) is 20.8 Å². The monoisotopic (exact) mass is 406 g/mol. The van der Waals surface area contributed by atoms with Gasteiger partial charge in [0.25, 0.3) is 0 Å². The van der Waals surface area contributed by atoms with Crippen molar-refractivity contribution >= 4 is 49.7 Å². The van der Waals surface area contributed by atoms with Crippen LogP contribution in [0.1, 0.15) is 5.56 Å². The van der Waals surface area contributed by atoms with Gasteiger partial charge in [-0.05, 0) is 23.6 Å². The number of carbonyl (C=O) groups excluding carboxylic acids is 1. The van der Waals surface area contributed by atoms with E-state index in [0.29, 0.717) is 16.6 Å².